The molecule has 0 spiro atoms. The van der Waals surface area contributed by atoms with Gasteiger partial charge in [0.25, 0.3) is 0 Å². The fourth-order valence-electron chi connectivity index (χ4n) is 2.47. The lowest BCUT2D eigenvalue weighted by atomic mass is 9.94. The summed E-state index contributed by atoms with van der Waals surface area (Å²) in [6.07, 6.45) is 0.528. The first-order chi connectivity index (χ1) is 11.9. The number of esters is 1. The van der Waals surface area contributed by atoms with E-state index in [1.165, 1.54) is 19.2 Å². The minimum absolute atomic E-state index is 0.0446. The van der Waals surface area contributed by atoms with Gasteiger partial charge in [-0.05, 0) is 24.1 Å². The molecule has 1 aromatic carbocycles. The first-order valence-electron chi connectivity index (χ1n) is 8.35. The van der Waals surface area contributed by atoms with Crippen molar-refractivity contribution in [2.24, 2.45) is 16.5 Å². The van der Waals surface area contributed by atoms with Gasteiger partial charge < -0.3 is 9.64 Å². The second-order valence-electron chi connectivity index (χ2n) is 7.36. The number of primary sulfonamides is 1. The smallest absolute Gasteiger partial charge is 0.310 e. The molecule has 1 atom stereocenters. The van der Waals surface area contributed by atoms with Gasteiger partial charge in [0.1, 0.15) is 0 Å². The van der Waals surface area contributed by atoms with Gasteiger partial charge in [-0.15, -0.1) is 0 Å². The number of hydrogen-bond acceptors (Lipinski definition) is 5. The van der Waals surface area contributed by atoms with Crippen molar-refractivity contribution in [3.63, 3.8) is 0 Å². The van der Waals surface area contributed by atoms with E-state index in [4.69, 9.17) is 9.88 Å². The van der Waals surface area contributed by atoms with Crippen molar-refractivity contribution >= 4 is 21.9 Å². The van der Waals surface area contributed by atoms with Gasteiger partial charge in [-0.3, -0.25) is 9.59 Å². The molecule has 1 aromatic rings. The first kappa shape index (κ1) is 22.1. The second-order valence-corrected chi connectivity index (χ2v) is 8.93. The largest absolute Gasteiger partial charge is 0.469 e. The van der Waals surface area contributed by atoms with Crippen LogP contribution in [0.1, 0.15) is 33.3 Å². The number of carbonyl (C=O) groups is 2. The van der Waals surface area contributed by atoms with Crippen LogP contribution in [0, 0.1) is 11.3 Å². The Labute approximate surface area is 155 Å². The van der Waals surface area contributed by atoms with Crippen LogP contribution in [0.4, 0.5) is 0 Å². The highest BCUT2D eigenvalue weighted by molar-refractivity contribution is 7.89. The number of ether oxygens (including phenoxy) is 1. The minimum atomic E-state index is -3.73. The number of rotatable bonds is 7. The summed E-state index contributed by atoms with van der Waals surface area (Å²) in [7, 11) is -2.41. The highest BCUT2D eigenvalue weighted by Gasteiger charge is 2.29. The van der Waals surface area contributed by atoms with Crippen molar-refractivity contribution in [3.05, 3.63) is 29.8 Å². The zero-order chi connectivity index (χ0) is 20.1. The Morgan fingerprint density at radius 3 is 2.15 bits per heavy atom. The molecule has 1 rings (SSSR count). The van der Waals surface area contributed by atoms with Gasteiger partial charge in [0.2, 0.25) is 15.9 Å². The number of amides is 1. The summed E-state index contributed by atoms with van der Waals surface area (Å²) in [5.41, 5.74) is 0.294. The molecule has 2 N–H and O–H groups in total. The summed E-state index contributed by atoms with van der Waals surface area (Å²) >= 11 is 0. The number of methoxy groups -OCH3 is 1. The van der Waals surface area contributed by atoms with Crippen LogP contribution in [0.2, 0.25) is 0 Å². The quantitative estimate of drug-likeness (QED) is 0.718. The topological polar surface area (TPSA) is 107 Å². The number of sulfonamides is 1. The van der Waals surface area contributed by atoms with Crippen LogP contribution in [-0.2, 0) is 30.8 Å². The fraction of sp³-hybridized carbons (Fsp3) is 0.556. The predicted octanol–water partition coefficient (Wildman–Crippen LogP) is 1.56. The van der Waals surface area contributed by atoms with Gasteiger partial charge in [0.15, 0.2) is 0 Å². The number of nitrogens with two attached hydrogens (primary N) is 1. The molecule has 1 amide bonds. The van der Waals surface area contributed by atoms with Crippen LogP contribution in [0.3, 0.4) is 0 Å². The Bertz CT molecular complexity index is 736. The monoisotopic (exact) mass is 384 g/mol. The summed E-state index contributed by atoms with van der Waals surface area (Å²) in [6.45, 7) is 7.87. The zero-order valence-corrected chi connectivity index (χ0v) is 16.8. The Hall–Kier alpha value is -1.93. The third-order valence-electron chi connectivity index (χ3n) is 3.95. The lowest BCUT2D eigenvalue weighted by molar-refractivity contribution is -0.148. The van der Waals surface area contributed by atoms with Gasteiger partial charge >= 0.3 is 5.97 Å². The summed E-state index contributed by atoms with van der Waals surface area (Å²) in [5, 5.41) is 5.09. The molecule has 7 nitrogen and oxygen atoms in total. The third-order valence-corrected chi connectivity index (χ3v) is 4.88. The maximum atomic E-state index is 12.7. The minimum Gasteiger partial charge on any atom is -0.469 e. The molecule has 0 bridgehead atoms. The van der Waals surface area contributed by atoms with Crippen LogP contribution in [0.25, 0.3) is 0 Å². The fourth-order valence-corrected chi connectivity index (χ4v) is 2.98. The molecule has 0 aliphatic heterocycles. The van der Waals surface area contributed by atoms with Crippen LogP contribution in [0.15, 0.2) is 29.2 Å². The number of nitrogens with zero attached hydrogens (tertiary/aromatic N) is 1. The molecule has 0 aliphatic carbocycles. The Kier molecular flexibility index (Phi) is 7.35. The van der Waals surface area contributed by atoms with E-state index in [0.717, 1.165) is 5.56 Å². The maximum Gasteiger partial charge on any atom is 0.310 e. The van der Waals surface area contributed by atoms with Gasteiger partial charge in [-0.1, -0.05) is 39.8 Å². The van der Waals surface area contributed by atoms with E-state index in [1.807, 2.05) is 20.8 Å². The van der Waals surface area contributed by atoms with Crippen molar-refractivity contribution in [1.29, 1.82) is 0 Å². The van der Waals surface area contributed by atoms with Crippen molar-refractivity contribution < 1.29 is 22.7 Å². The molecule has 0 radical (unpaired) electrons. The number of carbonyl (C=O) groups excluding carboxylic acids is 2. The van der Waals surface area contributed by atoms with Crippen LogP contribution in [0.5, 0.6) is 0 Å². The van der Waals surface area contributed by atoms with E-state index in [9.17, 15) is 18.0 Å². The highest BCUT2D eigenvalue weighted by Crippen LogP contribution is 2.19. The van der Waals surface area contributed by atoms with Gasteiger partial charge in [-0.2, -0.15) is 0 Å². The Morgan fingerprint density at radius 2 is 1.73 bits per heavy atom. The second kappa shape index (κ2) is 8.64. The van der Waals surface area contributed by atoms with Gasteiger partial charge in [0, 0.05) is 18.5 Å². The molecule has 146 valence electrons. The van der Waals surface area contributed by atoms with E-state index in [-0.39, 0.29) is 23.3 Å². The highest BCUT2D eigenvalue weighted by atomic mass is 32.2. The van der Waals surface area contributed by atoms with E-state index in [1.54, 1.807) is 24.0 Å². The zero-order valence-electron chi connectivity index (χ0n) is 16.0. The van der Waals surface area contributed by atoms with Crippen molar-refractivity contribution in [3.8, 4) is 0 Å². The molecular formula is C18H28N2O5S. The van der Waals surface area contributed by atoms with Crippen molar-refractivity contribution in [2.75, 3.05) is 20.2 Å². The summed E-state index contributed by atoms with van der Waals surface area (Å²) in [5.74, 6) is -0.861. The summed E-state index contributed by atoms with van der Waals surface area (Å²) < 4.78 is 27.3. The molecule has 0 saturated heterocycles. The first-order valence-corrected chi connectivity index (χ1v) is 9.90. The van der Waals surface area contributed by atoms with E-state index in [0.29, 0.717) is 13.0 Å². The molecule has 0 heterocycles. The van der Waals surface area contributed by atoms with Crippen LogP contribution >= 0.6 is 0 Å². The normalized spacial score (nSPS) is 13.2. The predicted molar refractivity (Wildman–Crippen MR) is 98.7 cm³/mol. The standard InChI is InChI=1S/C18H28N2O5S/c1-13(16(21)25-5)12-20(17(22)18(2,3)4)11-10-14-6-8-15(9-7-14)26(19,23)24/h6-9,13H,10-12H2,1-5H3,(H2,19,23,24). The molecule has 26 heavy (non-hydrogen) atoms. The maximum absolute atomic E-state index is 12.7. The molecular weight excluding hydrogens is 356 g/mol. The average Bonchev–Trinajstić information content (AvgIpc) is 2.55. The van der Waals surface area contributed by atoms with Gasteiger partial charge in [-0.25, -0.2) is 13.6 Å². The van der Waals surface area contributed by atoms with E-state index < -0.39 is 21.4 Å². The van der Waals surface area contributed by atoms with Crippen LogP contribution < -0.4 is 5.14 Å². The van der Waals surface area contributed by atoms with Gasteiger partial charge in [0.05, 0.1) is 17.9 Å². The van der Waals surface area contributed by atoms with E-state index in [2.05, 4.69) is 0 Å². The third kappa shape index (κ3) is 6.42. The van der Waals surface area contributed by atoms with Crippen LogP contribution in [-0.4, -0.2) is 45.4 Å². The lowest BCUT2D eigenvalue weighted by Gasteiger charge is -2.31. The Balaban J connectivity index is 2.89. The molecule has 0 aromatic heterocycles. The summed E-state index contributed by atoms with van der Waals surface area (Å²) in [6, 6.07) is 6.22. The average molecular weight is 384 g/mol. The van der Waals surface area contributed by atoms with E-state index >= 15 is 0 Å². The van der Waals surface area contributed by atoms with Crippen molar-refractivity contribution in [1.82, 2.24) is 4.90 Å². The number of benzene rings is 1. The molecule has 0 saturated carbocycles. The molecule has 0 fully saturated rings. The molecule has 0 aliphatic rings. The summed E-state index contributed by atoms with van der Waals surface area (Å²) in [4.78, 5) is 26.1. The number of hydrogen-bond donors (Lipinski definition) is 1. The Morgan fingerprint density at radius 1 is 1.19 bits per heavy atom. The molecule has 8 heteroatoms. The molecule has 1 unspecified atom stereocenters. The SMILES string of the molecule is COC(=O)C(C)CN(CCc1ccc(S(N)(=O)=O)cc1)C(=O)C(C)(C)C. The lowest BCUT2D eigenvalue weighted by Crippen LogP contribution is -2.44. The van der Waals surface area contributed by atoms with Crippen molar-refractivity contribution in [2.45, 2.75) is 39.0 Å².